The first kappa shape index (κ1) is 15.3. The third kappa shape index (κ3) is 5.05. The van der Waals surface area contributed by atoms with Gasteiger partial charge in [0.15, 0.2) is 0 Å². The molecule has 2 rings (SSSR count). The molecule has 0 spiro atoms. The van der Waals surface area contributed by atoms with Crippen LogP contribution in [-0.4, -0.2) is 62.2 Å². The summed E-state index contributed by atoms with van der Waals surface area (Å²) >= 11 is 0. The first-order chi connectivity index (χ1) is 9.22. The van der Waals surface area contributed by atoms with Crippen molar-refractivity contribution in [2.75, 3.05) is 52.4 Å². The van der Waals surface area contributed by atoms with Crippen LogP contribution in [0.4, 0.5) is 0 Å². The van der Waals surface area contributed by atoms with Gasteiger partial charge in [0.05, 0.1) is 0 Å². The molecule has 0 radical (unpaired) electrons. The molecule has 2 fully saturated rings. The van der Waals surface area contributed by atoms with Crippen molar-refractivity contribution in [3.05, 3.63) is 0 Å². The van der Waals surface area contributed by atoms with Crippen LogP contribution in [0.1, 0.15) is 46.0 Å². The Kier molecular flexibility index (Phi) is 6.11. The monoisotopic (exact) mass is 267 g/mol. The molecule has 0 aromatic carbocycles. The van der Waals surface area contributed by atoms with E-state index < -0.39 is 0 Å². The van der Waals surface area contributed by atoms with Gasteiger partial charge in [0, 0.05) is 32.7 Å². The lowest BCUT2D eigenvalue weighted by Crippen LogP contribution is -2.50. The standard InChI is InChI=1S/C16H33N3/c1-3-4-5-10-18-11-6-16(2,7-12-18)15-19-13-8-17-9-14-19/h17H,3-15H2,1-2H3. The number of rotatable bonds is 6. The van der Waals surface area contributed by atoms with Crippen LogP contribution in [0.5, 0.6) is 0 Å². The quantitative estimate of drug-likeness (QED) is 0.744. The van der Waals surface area contributed by atoms with E-state index >= 15 is 0 Å². The highest BCUT2D eigenvalue weighted by Gasteiger charge is 2.31. The molecule has 2 aliphatic rings. The molecule has 3 nitrogen and oxygen atoms in total. The number of nitrogens with zero attached hydrogens (tertiary/aromatic N) is 2. The Hall–Kier alpha value is -0.120. The number of likely N-dealkylation sites (tertiary alicyclic amines) is 1. The molecule has 19 heavy (non-hydrogen) atoms. The average molecular weight is 267 g/mol. The molecule has 2 aliphatic heterocycles. The summed E-state index contributed by atoms with van der Waals surface area (Å²) in [6.45, 7) is 15.0. The maximum absolute atomic E-state index is 3.45. The Labute approximate surface area is 119 Å². The van der Waals surface area contributed by atoms with Crippen molar-refractivity contribution in [3.63, 3.8) is 0 Å². The van der Waals surface area contributed by atoms with E-state index in [2.05, 4.69) is 29.0 Å². The van der Waals surface area contributed by atoms with Crippen molar-refractivity contribution in [2.24, 2.45) is 5.41 Å². The largest absolute Gasteiger partial charge is 0.314 e. The molecule has 0 saturated carbocycles. The van der Waals surface area contributed by atoms with Gasteiger partial charge in [-0.05, 0) is 44.3 Å². The number of piperazine rings is 1. The van der Waals surface area contributed by atoms with E-state index in [1.807, 2.05) is 0 Å². The van der Waals surface area contributed by atoms with Gasteiger partial charge >= 0.3 is 0 Å². The Balaban J connectivity index is 1.68. The second-order valence-electron chi connectivity index (χ2n) is 6.89. The van der Waals surface area contributed by atoms with E-state index in [-0.39, 0.29) is 0 Å². The Morgan fingerprint density at radius 1 is 0.947 bits per heavy atom. The summed E-state index contributed by atoms with van der Waals surface area (Å²) in [5.74, 6) is 0. The number of nitrogens with one attached hydrogen (secondary N) is 1. The summed E-state index contributed by atoms with van der Waals surface area (Å²) in [6.07, 6.45) is 6.92. The SMILES string of the molecule is CCCCCN1CCC(C)(CN2CCNCC2)CC1. The fourth-order valence-electron chi connectivity index (χ4n) is 3.47. The van der Waals surface area contributed by atoms with Crippen molar-refractivity contribution in [3.8, 4) is 0 Å². The maximum atomic E-state index is 3.45. The summed E-state index contributed by atoms with van der Waals surface area (Å²) in [5.41, 5.74) is 0.568. The number of unbranched alkanes of at least 4 members (excludes halogenated alkanes) is 2. The first-order valence-electron chi connectivity index (χ1n) is 8.37. The zero-order valence-electron chi connectivity index (χ0n) is 13.1. The zero-order chi connectivity index (χ0) is 13.6. The molecule has 0 bridgehead atoms. The Morgan fingerprint density at radius 2 is 1.63 bits per heavy atom. The molecule has 2 heterocycles. The highest BCUT2D eigenvalue weighted by Crippen LogP contribution is 2.32. The maximum Gasteiger partial charge on any atom is 0.0108 e. The first-order valence-corrected chi connectivity index (χ1v) is 8.37. The number of piperidine rings is 1. The number of hydrogen-bond acceptors (Lipinski definition) is 3. The van der Waals surface area contributed by atoms with Gasteiger partial charge in [-0.15, -0.1) is 0 Å². The highest BCUT2D eigenvalue weighted by atomic mass is 15.2. The Morgan fingerprint density at radius 3 is 2.26 bits per heavy atom. The van der Waals surface area contributed by atoms with Crippen LogP contribution in [0.15, 0.2) is 0 Å². The minimum absolute atomic E-state index is 0.568. The van der Waals surface area contributed by atoms with Crippen LogP contribution in [-0.2, 0) is 0 Å². The van der Waals surface area contributed by atoms with Gasteiger partial charge in [0.25, 0.3) is 0 Å². The molecule has 0 aromatic rings. The van der Waals surface area contributed by atoms with E-state index in [4.69, 9.17) is 0 Å². The van der Waals surface area contributed by atoms with Crippen LogP contribution in [0.3, 0.4) is 0 Å². The molecule has 1 N–H and O–H groups in total. The second kappa shape index (κ2) is 7.61. The summed E-state index contributed by atoms with van der Waals surface area (Å²) in [7, 11) is 0. The minimum atomic E-state index is 0.568. The van der Waals surface area contributed by atoms with E-state index in [1.54, 1.807) is 0 Å². The van der Waals surface area contributed by atoms with Crippen molar-refractivity contribution in [1.82, 2.24) is 15.1 Å². The number of hydrogen-bond donors (Lipinski definition) is 1. The van der Waals surface area contributed by atoms with Gasteiger partial charge in [0.2, 0.25) is 0 Å². The smallest absolute Gasteiger partial charge is 0.0108 e. The minimum Gasteiger partial charge on any atom is -0.314 e. The summed E-state index contributed by atoms with van der Waals surface area (Å²) < 4.78 is 0. The molecule has 2 saturated heterocycles. The normalized spacial score (nSPS) is 25.6. The fraction of sp³-hybridized carbons (Fsp3) is 1.00. The van der Waals surface area contributed by atoms with Crippen LogP contribution >= 0.6 is 0 Å². The van der Waals surface area contributed by atoms with Crippen LogP contribution in [0.25, 0.3) is 0 Å². The summed E-state index contributed by atoms with van der Waals surface area (Å²) in [5, 5.41) is 3.45. The van der Waals surface area contributed by atoms with E-state index in [0.717, 1.165) is 0 Å². The van der Waals surface area contributed by atoms with Gasteiger partial charge in [-0.25, -0.2) is 0 Å². The van der Waals surface area contributed by atoms with E-state index in [0.29, 0.717) is 5.41 Å². The topological polar surface area (TPSA) is 18.5 Å². The van der Waals surface area contributed by atoms with Crippen molar-refractivity contribution >= 4 is 0 Å². The lowest BCUT2D eigenvalue weighted by molar-refractivity contribution is 0.0695. The van der Waals surface area contributed by atoms with Gasteiger partial charge in [0.1, 0.15) is 0 Å². The van der Waals surface area contributed by atoms with E-state index in [9.17, 15) is 0 Å². The van der Waals surface area contributed by atoms with Crippen molar-refractivity contribution in [1.29, 1.82) is 0 Å². The molecule has 0 aromatic heterocycles. The lowest BCUT2D eigenvalue weighted by atomic mass is 9.79. The molecule has 3 heteroatoms. The third-order valence-electron chi connectivity index (χ3n) is 4.96. The van der Waals surface area contributed by atoms with Gasteiger partial charge in [-0.1, -0.05) is 26.7 Å². The summed E-state index contributed by atoms with van der Waals surface area (Å²) in [6, 6.07) is 0. The average Bonchev–Trinajstić information content (AvgIpc) is 2.42. The zero-order valence-corrected chi connectivity index (χ0v) is 13.1. The lowest BCUT2D eigenvalue weighted by Gasteiger charge is -2.43. The second-order valence-corrected chi connectivity index (χ2v) is 6.89. The van der Waals surface area contributed by atoms with Crippen LogP contribution < -0.4 is 5.32 Å². The molecule has 112 valence electrons. The molecular weight excluding hydrogens is 234 g/mol. The van der Waals surface area contributed by atoms with Gasteiger partial charge in [-0.3, -0.25) is 0 Å². The summed E-state index contributed by atoms with van der Waals surface area (Å²) in [4.78, 5) is 5.36. The fourth-order valence-corrected chi connectivity index (χ4v) is 3.47. The molecule has 0 unspecified atom stereocenters. The van der Waals surface area contributed by atoms with E-state index in [1.165, 1.54) is 84.5 Å². The molecule has 0 atom stereocenters. The Bertz CT molecular complexity index is 240. The molecule has 0 aliphatic carbocycles. The van der Waals surface area contributed by atoms with Crippen LogP contribution in [0.2, 0.25) is 0 Å². The highest BCUT2D eigenvalue weighted by molar-refractivity contribution is 4.86. The molecular formula is C16H33N3. The van der Waals surface area contributed by atoms with Gasteiger partial charge < -0.3 is 15.1 Å². The third-order valence-corrected chi connectivity index (χ3v) is 4.96. The molecule has 0 amide bonds. The predicted molar refractivity (Wildman–Crippen MR) is 82.6 cm³/mol. The predicted octanol–water partition coefficient (Wildman–Crippen LogP) is 2.18. The van der Waals surface area contributed by atoms with Crippen molar-refractivity contribution < 1.29 is 0 Å². The van der Waals surface area contributed by atoms with Gasteiger partial charge in [-0.2, -0.15) is 0 Å². The van der Waals surface area contributed by atoms with Crippen molar-refractivity contribution in [2.45, 2.75) is 46.0 Å². The van der Waals surface area contributed by atoms with Crippen LogP contribution in [0, 0.1) is 5.41 Å².